The Morgan fingerprint density at radius 2 is 1.89 bits per heavy atom. The Morgan fingerprint density at radius 3 is 2.61 bits per heavy atom. The highest BCUT2D eigenvalue weighted by atomic mass is 19.2. The van der Waals surface area contributed by atoms with Crippen LogP contribution < -0.4 is 15.5 Å². The summed E-state index contributed by atoms with van der Waals surface area (Å²) < 4.78 is 40.2. The number of hydrogen-bond donors (Lipinski definition) is 2. The number of aliphatic imine (C=N–C) groups is 1. The molecule has 1 saturated heterocycles. The minimum atomic E-state index is -0.829. The average Bonchev–Trinajstić information content (AvgIpc) is 3.16. The number of nitrogens with zero attached hydrogens (tertiary/aromatic N) is 2. The van der Waals surface area contributed by atoms with Crippen LogP contribution in [0.1, 0.15) is 17.5 Å². The quantitative estimate of drug-likeness (QED) is 0.605. The number of benzene rings is 2. The monoisotopic (exact) mass is 390 g/mol. The summed E-state index contributed by atoms with van der Waals surface area (Å²) in [7, 11) is 1.69. The number of halogens is 3. The van der Waals surface area contributed by atoms with Crippen LogP contribution in [0.2, 0.25) is 0 Å². The Labute approximate surface area is 163 Å². The van der Waals surface area contributed by atoms with Crippen molar-refractivity contribution in [2.45, 2.75) is 19.9 Å². The van der Waals surface area contributed by atoms with Crippen molar-refractivity contribution >= 4 is 11.6 Å². The second kappa shape index (κ2) is 8.99. The lowest BCUT2D eigenvalue weighted by Crippen LogP contribution is -2.40. The Morgan fingerprint density at radius 1 is 1.07 bits per heavy atom. The first-order valence-electron chi connectivity index (χ1n) is 9.36. The molecule has 0 aliphatic carbocycles. The van der Waals surface area contributed by atoms with Gasteiger partial charge in [-0.15, -0.1) is 0 Å². The van der Waals surface area contributed by atoms with Crippen LogP contribution in [0, 0.1) is 30.3 Å². The summed E-state index contributed by atoms with van der Waals surface area (Å²) in [5.41, 5.74) is 2.17. The molecule has 0 saturated carbocycles. The molecule has 2 aromatic carbocycles. The van der Waals surface area contributed by atoms with E-state index in [4.69, 9.17) is 0 Å². The van der Waals surface area contributed by atoms with Crippen LogP contribution in [0.15, 0.2) is 41.4 Å². The van der Waals surface area contributed by atoms with Gasteiger partial charge in [-0.05, 0) is 48.6 Å². The standard InChI is InChI=1S/C21H25F3N4/c1-14-3-4-15(9-19(14)23)11-26-21(25-2)27-12-16-7-8-28(13-16)17-5-6-18(22)20(24)10-17/h3-6,9-10,16H,7-8,11-13H2,1-2H3,(H2,25,26,27). The maximum atomic E-state index is 13.6. The molecule has 2 aromatic rings. The molecule has 0 amide bonds. The fourth-order valence-corrected chi connectivity index (χ4v) is 3.31. The fraction of sp³-hybridized carbons (Fsp3) is 0.381. The summed E-state index contributed by atoms with van der Waals surface area (Å²) in [5.74, 6) is -0.859. The van der Waals surface area contributed by atoms with Gasteiger partial charge in [-0.2, -0.15) is 0 Å². The van der Waals surface area contributed by atoms with Crippen LogP contribution in [0.3, 0.4) is 0 Å². The van der Waals surface area contributed by atoms with E-state index in [1.807, 2.05) is 6.07 Å². The van der Waals surface area contributed by atoms with Crippen LogP contribution in [0.5, 0.6) is 0 Å². The van der Waals surface area contributed by atoms with E-state index in [0.29, 0.717) is 36.2 Å². The molecule has 1 fully saturated rings. The molecular weight excluding hydrogens is 365 g/mol. The van der Waals surface area contributed by atoms with Crippen molar-refractivity contribution < 1.29 is 13.2 Å². The number of nitrogens with one attached hydrogen (secondary N) is 2. The number of anilines is 1. The van der Waals surface area contributed by atoms with Gasteiger partial charge in [0.15, 0.2) is 17.6 Å². The van der Waals surface area contributed by atoms with E-state index >= 15 is 0 Å². The normalized spacial score (nSPS) is 17.1. The van der Waals surface area contributed by atoms with Crippen LogP contribution in [0.25, 0.3) is 0 Å². The summed E-state index contributed by atoms with van der Waals surface area (Å²) >= 11 is 0. The molecule has 28 heavy (non-hydrogen) atoms. The van der Waals surface area contributed by atoms with Gasteiger partial charge < -0.3 is 15.5 Å². The summed E-state index contributed by atoms with van der Waals surface area (Å²) in [6, 6.07) is 9.17. The minimum Gasteiger partial charge on any atom is -0.371 e. The second-order valence-corrected chi connectivity index (χ2v) is 7.09. The lowest BCUT2D eigenvalue weighted by atomic mass is 10.1. The predicted octanol–water partition coefficient (Wildman–Crippen LogP) is 3.60. The molecule has 3 rings (SSSR count). The van der Waals surface area contributed by atoms with E-state index in [1.54, 1.807) is 26.1 Å². The van der Waals surface area contributed by atoms with E-state index in [1.165, 1.54) is 12.1 Å². The van der Waals surface area contributed by atoms with Crippen molar-refractivity contribution in [2.24, 2.45) is 10.9 Å². The van der Waals surface area contributed by atoms with Gasteiger partial charge in [-0.3, -0.25) is 4.99 Å². The zero-order valence-corrected chi connectivity index (χ0v) is 16.1. The second-order valence-electron chi connectivity index (χ2n) is 7.09. The van der Waals surface area contributed by atoms with Crippen molar-refractivity contribution in [3.63, 3.8) is 0 Å². The molecule has 0 bridgehead atoms. The molecule has 1 atom stereocenters. The Hall–Kier alpha value is -2.70. The molecule has 7 heteroatoms. The number of hydrogen-bond acceptors (Lipinski definition) is 2. The number of aryl methyl sites for hydroxylation is 1. The highest BCUT2D eigenvalue weighted by Gasteiger charge is 2.23. The first kappa shape index (κ1) is 20.0. The SMILES string of the molecule is CN=C(NCc1ccc(C)c(F)c1)NCC1CCN(c2ccc(F)c(F)c2)C1. The van der Waals surface area contributed by atoms with E-state index in [0.717, 1.165) is 31.1 Å². The van der Waals surface area contributed by atoms with Gasteiger partial charge in [0.25, 0.3) is 0 Å². The number of rotatable bonds is 5. The van der Waals surface area contributed by atoms with E-state index in [9.17, 15) is 13.2 Å². The molecule has 4 nitrogen and oxygen atoms in total. The van der Waals surface area contributed by atoms with Gasteiger partial charge in [-0.25, -0.2) is 13.2 Å². The molecule has 2 N–H and O–H groups in total. The first-order valence-corrected chi connectivity index (χ1v) is 9.36. The van der Waals surface area contributed by atoms with Crippen LogP contribution >= 0.6 is 0 Å². The molecule has 1 unspecified atom stereocenters. The molecular formula is C21H25F3N4. The summed E-state index contributed by atoms with van der Waals surface area (Å²) in [5, 5.41) is 6.46. The third kappa shape index (κ3) is 4.97. The van der Waals surface area contributed by atoms with Crippen molar-refractivity contribution in [2.75, 3.05) is 31.6 Å². The Bertz CT molecular complexity index is 854. The summed E-state index contributed by atoms with van der Waals surface area (Å²) in [6.45, 7) is 4.48. The van der Waals surface area contributed by atoms with Gasteiger partial charge in [0.05, 0.1) is 0 Å². The fourth-order valence-electron chi connectivity index (χ4n) is 3.31. The van der Waals surface area contributed by atoms with Gasteiger partial charge >= 0.3 is 0 Å². The first-order chi connectivity index (χ1) is 13.5. The molecule has 1 aliphatic heterocycles. The number of guanidine groups is 1. The average molecular weight is 390 g/mol. The molecule has 150 valence electrons. The minimum absolute atomic E-state index is 0.217. The topological polar surface area (TPSA) is 39.7 Å². The Kier molecular flexibility index (Phi) is 6.44. The lowest BCUT2D eigenvalue weighted by Gasteiger charge is -2.19. The molecule has 0 radical (unpaired) electrons. The van der Waals surface area contributed by atoms with Crippen molar-refractivity contribution in [1.82, 2.24) is 10.6 Å². The largest absolute Gasteiger partial charge is 0.371 e. The third-order valence-corrected chi connectivity index (χ3v) is 5.03. The highest BCUT2D eigenvalue weighted by Crippen LogP contribution is 2.25. The van der Waals surface area contributed by atoms with Crippen LogP contribution in [-0.2, 0) is 6.54 Å². The maximum absolute atomic E-state index is 13.6. The van der Waals surface area contributed by atoms with Crippen molar-refractivity contribution in [3.05, 3.63) is 65.0 Å². The lowest BCUT2D eigenvalue weighted by molar-refractivity contribution is 0.508. The maximum Gasteiger partial charge on any atom is 0.191 e. The molecule has 1 aliphatic rings. The van der Waals surface area contributed by atoms with E-state index in [2.05, 4.69) is 20.5 Å². The van der Waals surface area contributed by atoms with E-state index < -0.39 is 11.6 Å². The molecule has 0 aromatic heterocycles. The Balaban J connectivity index is 1.47. The van der Waals surface area contributed by atoms with Crippen LogP contribution in [0.4, 0.5) is 18.9 Å². The zero-order valence-electron chi connectivity index (χ0n) is 16.1. The van der Waals surface area contributed by atoms with Crippen molar-refractivity contribution in [3.8, 4) is 0 Å². The van der Waals surface area contributed by atoms with Gasteiger partial charge in [0.1, 0.15) is 5.82 Å². The zero-order chi connectivity index (χ0) is 20.1. The van der Waals surface area contributed by atoms with Gasteiger partial charge in [0.2, 0.25) is 0 Å². The van der Waals surface area contributed by atoms with E-state index in [-0.39, 0.29) is 5.82 Å². The highest BCUT2D eigenvalue weighted by molar-refractivity contribution is 5.79. The smallest absolute Gasteiger partial charge is 0.191 e. The molecule has 1 heterocycles. The summed E-state index contributed by atoms with van der Waals surface area (Å²) in [6.07, 6.45) is 0.951. The third-order valence-electron chi connectivity index (χ3n) is 5.03. The van der Waals surface area contributed by atoms with Crippen LogP contribution in [-0.4, -0.2) is 32.6 Å². The molecule has 0 spiro atoms. The van der Waals surface area contributed by atoms with Gasteiger partial charge in [-0.1, -0.05) is 12.1 Å². The summed E-state index contributed by atoms with van der Waals surface area (Å²) in [4.78, 5) is 6.25. The van der Waals surface area contributed by atoms with Crippen molar-refractivity contribution in [1.29, 1.82) is 0 Å². The van der Waals surface area contributed by atoms with Gasteiger partial charge in [0, 0.05) is 45.0 Å². The predicted molar refractivity (Wildman–Crippen MR) is 106 cm³/mol.